The fraction of sp³-hybridized carbons (Fsp3) is 0.538. The molecule has 0 fully saturated rings. The van der Waals surface area contributed by atoms with E-state index in [-0.39, 0.29) is 11.2 Å². The summed E-state index contributed by atoms with van der Waals surface area (Å²) in [5.74, 6) is 0. The molecule has 4 nitrogen and oxygen atoms in total. The summed E-state index contributed by atoms with van der Waals surface area (Å²) in [4.78, 5) is 23.0. The SMILES string of the molecule is Cn1c(=O)ccn(CCC2=CCCCC2)c1=O. The number of aromatic nitrogens is 2. The van der Waals surface area contributed by atoms with E-state index >= 15 is 0 Å². The third-order valence-corrected chi connectivity index (χ3v) is 3.32. The summed E-state index contributed by atoms with van der Waals surface area (Å²) in [6, 6.07) is 1.44. The zero-order valence-electron chi connectivity index (χ0n) is 10.2. The normalized spacial score (nSPS) is 15.7. The van der Waals surface area contributed by atoms with Gasteiger partial charge in [-0.2, -0.15) is 0 Å². The first-order chi connectivity index (χ1) is 8.18. The van der Waals surface area contributed by atoms with Crippen LogP contribution in [0, 0.1) is 0 Å². The summed E-state index contributed by atoms with van der Waals surface area (Å²) < 4.78 is 2.76. The van der Waals surface area contributed by atoms with Gasteiger partial charge in [-0.3, -0.25) is 9.36 Å². The van der Waals surface area contributed by atoms with Crippen molar-refractivity contribution in [3.63, 3.8) is 0 Å². The van der Waals surface area contributed by atoms with Crippen molar-refractivity contribution in [1.29, 1.82) is 0 Å². The van der Waals surface area contributed by atoms with Crippen LogP contribution in [-0.2, 0) is 13.6 Å². The van der Waals surface area contributed by atoms with Gasteiger partial charge in [0.15, 0.2) is 0 Å². The van der Waals surface area contributed by atoms with Gasteiger partial charge >= 0.3 is 5.69 Å². The minimum Gasteiger partial charge on any atom is -0.300 e. The van der Waals surface area contributed by atoms with Crippen molar-refractivity contribution in [2.45, 2.75) is 38.6 Å². The first kappa shape index (κ1) is 11.9. The molecule has 1 aliphatic rings. The second-order valence-electron chi connectivity index (χ2n) is 4.55. The molecule has 0 atom stereocenters. The summed E-state index contributed by atoms with van der Waals surface area (Å²) in [5, 5.41) is 0. The average molecular weight is 234 g/mol. The number of allylic oxidation sites excluding steroid dienone is 2. The Bertz CT molecular complexity index is 537. The number of nitrogens with zero attached hydrogens (tertiary/aromatic N) is 2. The van der Waals surface area contributed by atoms with E-state index in [9.17, 15) is 9.59 Å². The highest BCUT2D eigenvalue weighted by molar-refractivity contribution is 5.04. The minimum absolute atomic E-state index is 0.228. The maximum absolute atomic E-state index is 11.8. The predicted octanol–water partition coefficient (Wildman–Crippen LogP) is 1.44. The van der Waals surface area contributed by atoms with Crippen LogP contribution in [0.5, 0.6) is 0 Å². The summed E-state index contributed by atoms with van der Waals surface area (Å²) in [5.41, 5.74) is 0.967. The molecular formula is C13H18N2O2. The van der Waals surface area contributed by atoms with Crippen molar-refractivity contribution in [1.82, 2.24) is 9.13 Å². The van der Waals surface area contributed by atoms with Crippen molar-refractivity contribution in [3.8, 4) is 0 Å². The first-order valence-electron chi connectivity index (χ1n) is 6.13. The molecule has 1 aromatic heterocycles. The first-order valence-corrected chi connectivity index (χ1v) is 6.13. The number of rotatable bonds is 3. The van der Waals surface area contributed by atoms with Gasteiger partial charge in [-0.25, -0.2) is 4.79 Å². The molecule has 1 aromatic rings. The van der Waals surface area contributed by atoms with Gasteiger partial charge in [-0.15, -0.1) is 0 Å². The van der Waals surface area contributed by atoms with Crippen molar-refractivity contribution >= 4 is 0 Å². The Hall–Kier alpha value is -1.58. The van der Waals surface area contributed by atoms with Crippen LogP contribution in [0.15, 0.2) is 33.5 Å². The van der Waals surface area contributed by atoms with Gasteiger partial charge in [0, 0.05) is 25.9 Å². The predicted molar refractivity (Wildman–Crippen MR) is 67.1 cm³/mol. The van der Waals surface area contributed by atoms with E-state index in [0.29, 0.717) is 6.54 Å². The molecule has 0 bridgehead atoms. The third kappa shape index (κ3) is 2.75. The molecule has 1 aliphatic carbocycles. The van der Waals surface area contributed by atoms with E-state index in [1.165, 1.54) is 31.5 Å². The molecule has 0 unspecified atom stereocenters. The van der Waals surface area contributed by atoms with Gasteiger partial charge in [0.1, 0.15) is 0 Å². The van der Waals surface area contributed by atoms with Gasteiger partial charge in [0.25, 0.3) is 5.56 Å². The second kappa shape index (κ2) is 5.17. The molecule has 0 amide bonds. The highest BCUT2D eigenvalue weighted by Gasteiger charge is 2.05. The molecule has 92 valence electrons. The molecule has 17 heavy (non-hydrogen) atoms. The molecule has 0 aromatic carbocycles. The van der Waals surface area contributed by atoms with E-state index in [0.717, 1.165) is 23.8 Å². The van der Waals surface area contributed by atoms with E-state index < -0.39 is 0 Å². The van der Waals surface area contributed by atoms with Crippen LogP contribution >= 0.6 is 0 Å². The van der Waals surface area contributed by atoms with E-state index in [2.05, 4.69) is 6.08 Å². The van der Waals surface area contributed by atoms with Crippen LogP contribution in [0.1, 0.15) is 32.1 Å². The maximum Gasteiger partial charge on any atom is 0.330 e. The van der Waals surface area contributed by atoms with Crippen LogP contribution in [0.3, 0.4) is 0 Å². The zero-order valence-corrected chi connectivity index (χ0v) is 10.2. The fourth-order valence-corrected chi connectivity index (χ4v) is 2.18. The van der Waals surface area contributed by atoms with Gasteiger partial charge in [-0.1, -0.05) is 11.6 Å². The molecule has 0 N–H and O–H groups in total. The Kier molecular flexibility index (Phi) is 3.61. The Balaban J connectivity index is 2.09. The van der Waals surface area contributed by atoms with Crippen molar-refractivity contribution in [2.75, 3.05) is 0 Å². The quantitative estimate of drug-likeness (QED) is 0.743. The lowest BCUT2D eigenvalue weighted by Crippen LogP contribution is -2.36. The Morgan fingerprint density at radius 1 is 1.29 bits per heavy atom. The standard InChI is InChI=1S/C13H18N2O2/c1-14-12(16)8-10-15(13(14)17)9-7-11-5-3-2-4-6-11/h5,8,10H,2-4,6-7,9H2,1H3. The highest BCUT2D eigenvalue weighted by atomic mass is 16.2. The Labute approximate surface area is 100 Å². The molecule has 0 aliphatic heterocycles. The van der Waals surface area contributed by atoms with Crippen molar-refractivity contribution < 1.29 is 0 Å². The second-order valence-corrected chi connectivity index (χ2v) is 4.55. The number of hydrogen-bond acceptors (Lipinski definition) is 2. The van der Waals surface area contributed by atoms with Gasteiger partial charge < -0.3 is 4.57 Å². The third-order valence-electron chi connectivity index (χ3n) is 3.32. The summed E-state index contributed by atoms with van der Waals surface area (Å²) in [6.45, 7) is 0.665. The Morgan fingerprint density at radius 3 is 2.82 bits per heavy atom. The van der Waals surface area contributed by atoms with Crippen LogP contribution in [0.4, 0.5) is 0 Å². The van der Waals surface area contributed by atoms with Crippen LogP contribution in [-0.4, -0.2) is 9.13 Å². The van der Waals surface area contributed by atoms with E-state index in [4.69, 9.17) is 0 Å². The fourth-order valence-electron chi connectivity index (χ4n) is 2.18. The lowest BCUT2D eigenvalue weighted by molar-refractivity contribution is 0.576. The lowest BCUT2D eigenvalue weighted by atomic mass is 9.97. The zero-order chi connectivity index (χ0) is 12.3. The van der Waals surface area contributed by atoms with Gasteiger partial charge in [-0.05, 0) is 32.1 Å². The number of hydrogen-bond donors (Lipinski definition) is 0. The molecule has 0 spiro atoms. The molecule has 4 heteroatoms. The smallest absolute Gasteiger partial charge is 0.300 e. The van der Waals surface area contributed by atoms with E-state index in [1.54, 1.807) is 10.8 Å². The average Bonchev–Trinajstić information content (AvgIpc) is 2.36. The molecular weight excluding hydrogens is 216 g/mol. The number of aryl methyl sites for hydroxylation is 1. The molecule has 1 heterocycles. The van der Waals surface area contributed by atoms with Crippen molar-refractivity contribution in [3.05, 3.63) is 44.8 Å². The minimum atomic E-state index is -0.247. The molecule has 0 saturated heterocycles. The molecule has 2 rings (SSSR count). The monoisotopic (exact) mass is 234 g/mol. The van der Waals surface area contributed by atoms with Crippen LogP contribution in [0.25, 0.3) is 0 Å². The van der Waals surface area contributed by atoms with Gasteiger partial charge in [0.2, 0.25) is 0 Å². The molecule has 0 saturated carbocycles. The van der Waals surface area contributed by atoms with Gasteiger partial charge in [0.05, 0.1) is 0 Å². The van der Waals surface area contributed by atoms with Crippen LogP contribution in [0.2, 0.25) is 0 Å². The highest BCUT2D eigenvalue weighted by Crippen LogP contribution is 2.20. The summed E-state index contributed by atoms with van der Waals surface area (Å²) in [7, 11) is 1.51. The maximum atomic E-state index is 11.8. The summed E-state index contributed by atoms with van der Waals surface area (Å²) >= 11 is 0. The largest absolute Gasteiger partial charge is 0.330 e. The Morgan fingerprint density at radius 2 is 2.12 bits per heavy atom. The lowest BCUT2D eigenvalue weighted by Gasteiger charge is -2.13. The van der Waals surface area contributed by atoms with Crippen molar-refractivity contribution in [2.24, 2.45) is 7.05 Å². The topological polar surface area (TPSA) is 44.0 Å². The molecule has 0 radical (unpaired) electrons. The van der Waals surface area contributed by atoms with Crippen LogP contribution < -0.4 is 11.2 Å². The summed E-state index contributed by atoms with van der Waals surface area (Å²) in [6.07, 6.45) is 9.65. The van der Waals surface area contributed by atoms with E-state index in [1.807, 2.05) is 0 Å².